The number of rotatable bonds is 2. The number of nitrogens with one attached hydrogen (secondary N) is 1. The third-order valence-corrected chi connectivity index (χ3v) is 3.18. The molecule has 1 N–H and O–H groups in total. The Labute approximate surface area is 113 Å². The fourth-order valence-corrected chi connectivity index (χ4v) is 2.00. The minimum atomic E-state index is 0.286. The second-order valence-electron chi connectivity index (χ2n) is 4.01. The van der Waals surface area contributed by atoms with Crippen LogP contribution in [0.4, 0.5) is 11.5 Å². The maximum atomic E-state index is 5.36. The van der Waals surface area contributed by atoms with Gasteiger partial charge in [0.1, 0.15) is 5.82 Å². The van der Waals surface area contributed by atoms with Gasteiger partial charge in [0, 0.05) is 22.4 Å². The smallest absolute Gasteiger partial charge is 0.231 e. The van der Waals surface area contributed by atoms with E-state index in [1.165, 1.54) is 0 Å². The number of aromatic nitrogens is 1. The summed E-state index contributed by atoms with van der Waals surface area (Å²) in [6.45, 7) is 2.30. The van der Waals surface area contributed by atoms with E-state index in [1.54, 1.807) is 6.20 Å². The fourth-order valence-electron chi connectivity index (χ4n) is 1.77. The molecule has 3 rings (SSSR count). The standard InChI is InChI=1S/C13H11BrN2O2/c1-8-4-11-12(18-7-17-11)5-10(8)16-13-3-2-9(14)6-15-13/h2-6H,7H2,1H3,(H,15,16). The number of hydrogen-bond acceptors (Lipinski definition) is 4. The van der Waals surface area contributed by atoms with Gasteiger partial charge in [0.25, 0.3) is 0 Å². The molecule has 0 atom stereocenters. The van der Waals surface area contributed by atoms with Gasteiger partial charge in [-0.05, 0) is 46.6 Å². The lowest BCUT2D eigenvalue weighted by atomic mass is 10.1. The highest BCUT2D eigenvalue weighted by atomic mass is 79.9. The number of benzene rings is 1. The molecular weight excluding hydrogens is 296 g/mol. The Morgan fingerprint density at radius 2 is 2.00 bits per heavy atom. The summed E-state index contributed by atoms with van der Waals surface area (Å²) in [5.41, 5.74) is 2.05. The summed E-state index contributed by atoms with van der Waals surface area (Å²) >= 11 is 3.36. The quantitative estimate of drug-likeness (QED) is 0.920. The van der Waals surface area contributed by atoms with Crippen molar-refractivity contribution in [3.63, 3.8) is 0 Å². The molecule has 0 saturated heterocycles. The van der Waals surface area contributed by atoms with E-state index in [0.717, 1.165) is 33.0 Å². The highest BCUT2D eigenvalue weighted by molar-refractivity contribution is 9.10. The van der Waals surface area contributed by atoms with E-state index in [1.807, 2.05) is 31.2 Å². The van der Waals surface area contributed by atoms with Crippen LogP contribution < -0.4 is 14.8 Å². The summed E-state index contributed by atoms with van der Waals surface area (Å²) in [5, 5.41) is 3.26. The fraction of sp³-hybridized carbons (Fsp3) is 0.154. The van der Waals surface area contributed by atoms with Gasteiger partial charge < -0.3 is 14.8 Å². The summed E-state index contributed by atoms with van der Waals surface area (Å²) < 4.78 is 11.6. The van der Waals surface area contributed by atoms with Crippen LogP contribution in [-0.2, 0) is 0 Å². The van der Waals surface area contributed by atoms with E-state index in [-0.39, 0.29) is 6.79 Å². The van der Waals surface area contributed by atoms with Crippen LogP contribution in [0, 0.1) is 6.92 Å². The summed E-state index contributed by atoms with van der Waals surface area (Å²) in [4.78, 5) is 4.28. The molecule has 1 aliphatic rings. The molecule has 0 unspecified atom stereocenters. The first-order valence-corrected chi connectivity index (χ1v) is 6.30. The number of nitrogens with zero attached hydrogens (tertiary/aromatic N) is 1. The Balaban J connectivity index is 1.90. The van der Waals surface area contributed by atoms with Crippen molar-refractivity contribution in [3.05, 3.63) is 40.5 Å². The van der Waals surface area contributed by atoms with Crippen molar-refractivity contribution in [1.29, 1.82) is 0 Å². The van der Waals surface area contributed by atoms with Crippen LogP contribution >= 0.6 is 15.9 Å². The molecule has 0 amide bonds. The molecule has 2 aromatic rings. The lowest BCUT2D eigenvalue weighted by Crippen LogP contribution is -1.95. The maximum absolute atomic E-state index is 5.36. The van der Waals surface area contributed by atoms with Gasteiger partial charge in [0.05, 0.1) is 0 Å². The second-order valence-corrected chi connectivity index (χ2v) is 4.92. The van der Waals surface area contributed by atoms with Crippen molar-refractivity contribution in [2.75, 3.05) is 12.1 Å². The van der Waals surface area contributed by atoms with Crippen LogP contribution in [0.25, 0.3) is 0 Å². The van der Waals surface area contributed by atoms with Gasteiger partial charge in [0.15, 0.2) is 11.5 Å². The van der Waals surface area contributed by atoms with Crippen molar-refractivity contribution in [2.45, 2.75) is 6.92 Å². The highest BCUT2D eigenvalue weighted by Crippen LogP contribution is 2.37. The first-order valence-electron chi connectivity index (χ1n) is 5.51. The van der Waals surface area contributed by atoms with Crippen molar-refractivity contribution in [1.82, 2.24) is 4.98 Å². The van der Waals surface area contributed by atoms with Gasteiger partial charge >= 0.3 is 0 Å². The molecule has 1 aromatic heterocycles. The monoisotopic (exact) mass is 306 g/mol. The Hall–Kier alpha value is -1.75. The van der Waals surface area contributed by atoms with E-state index < -0.39 is 0 Å². The average molecular weight is 307 g/mol. The topological polar surface area (TPSA) is 43.4 Å². The predicted octanol–water partition coefficient (Wildman–Crippen LogP) is 3.62. The Bertz CT molecular complexity index is 584. The largest absolute Gasteiger partial charge is 0.454 e. The Morgan fingerprint density at radius 1 is 1.22 bits per heavy atom. The summed E-state index contributed by atoms with van der Waals surface area (Å²) in [7, 11) is 0. The normalized spacial score (nSPS) is 12.6. The number of ether oxygens (including phenoxy) is 2. The second kappa shape index (κ2) is 4.49. The van der Waals surface area contributed by atoms with Gasteiger partial charge in [-0.15, -0.1) is 0 Å². The van der Waals surface area contributed by atoms with Crippen molar-refractivity contribution in [3.8, 4) is 11.5 Å². The van der Waals surface area contributed by atoms with Gasteiger partial charge in [0.2, 0.25) is 6.79 Å². The van der Waals surface area contributed by atoms with Gasteiger partial charge in [-0.2, -0.15) is 0 Å². The number of anilines is 2. The van der Waals surface area contributed by atoms with E-state index in [9.17, 15) is 0 Å². The molecule has 5 heteroatoms. The molecular formula is C13H11BrN2O2. The third kappa shape index (κ3) is 2.13. The van der Waals surface area contributed by atoms with Gasteiger partial charge in [-0.25, -0.2) is 4.98 Å². The maximum Gasteiger partial charge on any atom is 0.231 e. The molecule has 1 aliphatic heterocycles. The minimum Gasteiger partial charge on any atom is -0.454 e. The summed E-state index contributed by atoms with van der Waals surface area (Å²) in [5.74, 6) is 2.35. The van der Waals surface area contributed by atoms with Crippen molar-refractivity contribution < 1.29 is 9.47 Å². The zero-order valence-corrected chi connectivity index (χ0v) is 11.3. The molecule has 1 aromatic carbocycles. The molecule has 4 nitrogen and oxygen atoms in total. The van der Waals surface area contributed by atoms with Crippen LogP contribution in [0.2, 0.25) is 0 Å². The molecule has 0 saturated carbocycles. The SMILES string of the molecule is Cc1cc2c(cc1Nc1ccc(Br)cn1)OCO2. The van der Waals surface area contributed by atoms with Crippen molar-refractivity contribution >= 4 is 27.4 Å². The molecule has 0 bridgehead atoms. The molecule has 92 valence electrons. The number of fused-ring (bicyclic) bond motifs is 1. The van der Waals surface area contributed by atoms with Gasteiger partial charge in [-0.1, -0.05) is 0 Å². The van der Waals surface area contributed by atoms with E-state index in [0.29, 0.717) is 0 Å². The van der Waals surface area contributed by atoms with Crippen LogP contribution in [0.5, 0.6) is 11.5 Å². The summed E-state index contributed by atoms with van der Waals surface area (Å²) in [6, 6.07) is 7.75. The molecule has 2 heterocycles. The zero-order valence-electron chi connectivity index (χ0n) is 9.74. The van der Waals surface area contributed by atoms with Crippen LogP contribution in [0.15, 0.2) is 34.9 Å². The molecule has 0 spiro atoms. The number of hydrogen-bond donors (Lipinski definition) is 1. The van der Waals surface area contributed by atoms with E-state index in [2.05, 4.69) is 26.2 Å². The van der Waals surface area contributed by atoms with E-state index in [4.69, 9.17) is 9.47 Å². The Morgan fingerprint density at radius 3 is 2.72 bits per heavy atom. The van der Waals surface area contributed by atoms with Crippen LogP contribution in [-0.4, -0.2) is 11.8 Å². The number of pyridine rings is 1. The van der Waals surface area contributed by atoms with Gasteiger partial charge in [-0.3, -0.25) is 0 Å². The first kappa shape index (κ1) is 11.3. The highest BCUT2D eigenvalue weighted by Gasteiger charge is 2.15. The molecule has 0 radical (unpaired) electrons. The van der Waals surface area contributed by atoms with Crippen molar-refractivity contribution in [2.24, 2.45) is 0 Å². The number of halogens is 1. The Kier molecular flexibility index (Phi) is 2.83. The average Bonchev–Trinajstić information content (AvgIpc) is 2.79. The predicted molar refractivity (Wildman–Crippen MR) is 72.5 cm³/mol. The zero-order chi connectivity index (χ0) is 12.5. The van der Waals surface area contributed by atoms with E-state index >= 15 is 0 Å². The molecule has 18 heavy (non-hydrogen) atoms. The van der Waals surface area contributed by atoms with Crippen LogP contribution in [0.1, 0.15) is 5.56 Å². The number of aryl methyl sites for hydroxylation is 1. The van der Waals surface area contributed by atoms with Crippen LogP contribution in [0.3, 0.4) is 0 Å². The third-order valence-electron chi connectivity index (χ3n) is 2.71. The molecule has 0 aliphatic carbocycles. The minimum absolute atomic E-state index is 0.286. The lowest BCUT2D eigenvalue weighted by Gasteiger charge is -2.09. The lowest BCUT2D eigenvalue weighted by molar-refractivity contribution is 0.174. The molecule has 0 fully saturated rings. The summed E-state index contributed by atoms with van der Waals surface area (Å²) in [6.07, 6.45) is 1.75. The first-order chi connectivity index (χ1) is 8.72.